The van der Waals surface area contributed by atoms with Crippen molar-refractivity contribution in [2.24, 2.45) is 0 Å². The zero-order valence-electron chi connectivity index (χ0n) is 14.4. The normalized spacial score (nSPS) is 21.5. The first-order chi connectivity index (χ1) is 10.6. The standard InChI is InChI=1S/C19H28N2O/c1-5-10-19(11-12-20(3)4)18-15(2)16-8-6-7-9-17(16)21(18)13-14-22-19/h6-9H,5,10-14H2,1-4H3. The van der Waals surface area contributed by atoms with Crippen LogP contribution in [0.15, 0.2) is 24.3 Å². The molecule has 3 rings (SSSR count). The molecule has 1 unspecified atom stereocenters. The van der Waals surface area contributed by atoms with Gasteiger partial charge in [0.2, 0.25) is 0 Å². The van der Waals surface area contributed by atoms with Gasteiger partial charge in [0.1, 0.15) is 5.60 Å². The van der Waals surface area contributed by atoms with Gasteiger partial charge in [0, 0.05) is 24.0 Å². The van der Waals surface area contributed by atoms with E-state index in [-0.39, 0.29) is 5.60 Å². The summed E-state index contributed by atoms with van der Waals surface area (Å²) in [5.41, 5.74) is 4.06. The molecule has 3 nitrogen and oxygen atoms in total. The smallest absolute Gasteiger partial charge is 0.110 e. The Morgan fingerprint density at radius 1 is 1.23 bits per heavy atom. The van der Waals surface area contributed by atoms with Crippen LogP contribution in [-0.4, -0.2) is 36.7 Å². The van der Waals surface area contributed by atoms with Crippen LogP contribution >= 0.6 is 0 Å². The summed E-state index contributed by atoms with van der Waals surface area (Å²) in [4.78, 5) is 2.26. The summed E-state index contributed by atoms with van der Waals surface area (Å²) >= 11 is 0. The Morgan fingerprint density at radius 3 is 2.73 bits per heavy atom. The second kappa shape index (κ2) is 6.05. The number of ether oxygens (including phenoxy) is 1. The number of benzene rings is 1. The molecule has 0 amide bonds. The minimum absolute atomic E-state index is 0.125. The molecule has 1 aliphatic heterocycles. The van der Waals surface area contributed by atoms with Crippen molar-refractivity contribution in [3.05, 3.63) is 35.5 Å². The van der Waals surface area contributed by atoms with E-state index in [1.807, 2.05) is 0 Å². The highest BCUT2D eigenvalue weighted by Gasteiger charge is 2.40. The molecule has 1 aliphatic rings. The van der Waals surface area contributed by atoms with E-state index in [0.29, 0.717) is 0 Å². The summed E-state index contributed by atoms with van der Waals surface area (Å²) in [6.45, 7) is 7.37. The Labute approximate surface area is 133 Å². The number of hydrogen-bond acceptors (Lipinski definition) is 2. The molecule has 0 aliphatic carbocycles. The van der Waals surface area contributed by atoms with E-state index in [4.69, 9.17) is 4.74 Å². The van der Waals surface area contributed by atoms with E-state index in [0.717, 1.165) is 39.0 Å². The van der Waals surface area contributed by atoms with Gasteiger partial charge in [0.15, 0.2) is 0 Å². The summed E-state index contributed by atoms with van der Waals surface area (Å²) in [5.74, 6) is 0. The maximum atomic E-state index is 6.45. The maximum Gasteiger partial charge on any atom is 0.110 e. The maximum absolute atomic E-state index is 6.45. The molecule has 3 heteroatoms. The zero-order valence-corrected chi connectivity index (χ0v) is 14.4. The minimum atomic E-state index is -0.125. The number of aromatic nitrogens is 1. The first kappa shape index (κ1) is 15.6. The van der Waals surface area contributed by atoms with Crippen molar-refractivity contribution < 1.29 is 4.74 Å². The zero-order chi connectivity index (χ0) is 15.7. The summed E-state index contributed by atoms with van der Waals surface area (Å²) in [7, 11) is 4.29. The van der Waals surface area contributed by atoms with E-state index in [2.05, 4.69) is 61.7 Å². The van der Waals surface area contributed by atoms with Gasteiger partial charge in [-0.25, -0.2) is 0 Å². The number of rotatable bonds is 5. The molecule has 1 aromatic heterocycles. The Hall–Kier alpha value is -1.32. The average Bonchev–Trinajstić information content (AvgIpc) is 2.81. The molecular formula is C19H28N2O. The van der Waals surface area contributed by atoms with Crippen molar-refractivity contribution in [2.45, 2.75) is 45.3 Å². The lowest BCUT2D eigenvalue weighted by molar-refractivity contribution is -0.0917. The number of fused-ring (bicyclic) bond motifs is 3. The molecule has 120 valence electrons. The lowest BCUT2D eigenvalue weighted by atomic mass is 9.86. The topological polar surface area (TPSA) is 17.4 Å². The molecule has 0 fully saturated rings. The third-order valence-electron chi connectivity index (χ3n) is 4.97. The molecule has 1 aromatic carbocycles. The van der Waals surface area contributed by atoms with E-state index in [1.54, 1.807) is 0 Å². The molecule has 2 aromatic rings. The predicted octanol–water partition coefficient (Wildman–Crippen LogP) is 3.93. The molecule has 22 heavy (non-hydrogen) atoms. The molecule has 1 atom stereocenters. The van der Waals surface area contributed by atoms with Gasteiger partial charge in [-0.2, -0.15) is 0 Å². The van der Waals surface area contributed by atoms with Crippen molar-refractivity contribution in [1.82, 2.24) is 9.47 Å². The summed E-state index contributed by atoms with van der Waals surface area (Å²) < 4.78 is 8.96. The van der Waals surface area contributed by atoms with Gasteiger partial charge in [0.25, 0.3) is 0 Å². The van der Waals surface area contributed by atoms with Crippen LogP contribution in [0.1, 0.15) is 37.4 Å². The van der Waals surface area contributed by atoms with Gasteiger partial charge in [-0.1, -0.05) is 31.5 Å². The predicted molar refractivity (Wildman–Crippen MR) is 92.4 cm³/mol. The first-order valence-electron chi connectivity index (χ1n) is 8.46. The fraction of sp³-hybridized carbons (Fsp3) is 0.579. The summed E-state index contributed by atoms with van der Waals surface area (Å²) in [5, 5.41) is 1.38. The lowest BCUT2D eigenvalue weighted by Crippen LogP contribution is -2.40. The fourth-order valence-corrected chi connectivity index (χ4v) is 4.01. The van der Waals surface area contributed by atoms with Crippen molar-refractivity contribution >= 4 is 10.9 Å². The van der Waals surface area contributed by atoms with Crippen LogP contribution < -0.4 is 0 Å². The van der Waals surface area contributed by atoms with Crippen LogP contribution in [0, 0.1) is 6.92 Å². The highest BCUT2D eigenvalue weighted by Crippen LogP contribution is 2.43. The minimum Gasteiger partial charge on any atom is -0.367 e. The van der Waals surface area contributed by atoms with E-state index in [1.165, 1.54) is 22.2 Å². The lowest BCUT2D eigenvalue weighted by Gasteiger charge is -2.40. The van der Waals surface area contributed by atoms with Crippen molar-refractivity contribution in [2.75, 3.05) is 27.2 Å². The van der Waals surface area contributed by atoms with Crippen molar-refractivity contribution in [3.8, 4) is 0 Å². The highest BCUT2D eigenvalue weighted by atomic mass is 16.5. The van der Waals surface area contributed by atoms with Gasteiger partial charge in [-0.15, -0.1) is 0 Å². The van der Waals surface area contributed by atoms with Crippen molar-refractivity contribution in [1.29, 1.82) is 0 Å². The third kappa shape index (κ3) is 2.46. The highest BCUT2D eigenvalue weighted by molar-refractivity contribution is 5.85. The van der Waals surface area contributed by atoms with Crippen LogP contribution in [-0.2, 0) is 16.9 Å². The molecule has 0 saturated heterocycles. The Morgan fingerprint density at radius 2 is 2.00 bits per heavy atom. The molecule has 0 saturated carbocycles. The quantitative estimate of drug-likeness (QED) is 0.832. The monoisotopic (exact) mass is 300 g/mol. The van der Waals surface area contributed by atoms with Gasteiger partial charge < -0.3 is 14.2 Å². The summed E-state index contributed by atoms with van der Waals surface area (Å²) in [6, 6.07) is 8.79. The first-order valence-corrected chi connectivity index (χ1v) is 8.46. The van der Waals surface area contributed by atoms with E-state index >= 15 is 0 Å². The van der Waals surface area contributed by atoms with Gasteiger partial charge in [-0.3, -0.25) is 0 Å². The molecule has 0 N–H and O–H groups in total. The molecular weight excluding hydrogens is 272 g/mol. The number of nitrogens with zero attached hydrogens (tertiary/aromatic N) is 2. The number of hydrogen-bond donors (Lipinski definition) is 0. The Bertz CT molecular complexity index is 659. The number of aryl methyl sites for hydroxylation is 1. The van der Waals surface area contributed by atoms with Crippen LogP contribution in [0.25, 0.3) is 10.9 Å². The Kier molecular flexibility index (Phi) is 4.28. The van der Waals surface area contributed by atoms with Crippen LogP contribution in [0.3, 0.4) is 0 Å². The SMILES string of the molecule is CCCC1(CCN(C)C)OCCn2c1c(C)c1ccccc12. The fourth-order valence-electron chi connectivity index (χ4n) is 4.01. The van der Waals surface area contributed by atoms with Crippen molar-refractivity contribution in [3.63, 3.8) is 0 Å². The third-order valence-corrected chi connectivity index (χ3v) is 4.97. The van der Waals surface area contributed by atoms with E-state index < -0.39 is 0 Å². The Balaban J connectivity index is 2.15. The van der Waals surface area contributed by atoms with E-state index in [9.17, 15) is 0 Å². The molecule has 0 bridgehead atoms. The largest absolute Gasteiger partial charge is 0.367 e. The van der Waals surface area contributed by atoms with Gasteiger partial charge in [0.05, 0.1) is 12.3 Å². The van der Waals surface area contributed by atoms with Crippen LogP contribution in [0.2, 0.25) is 0 Å². The molecule has 0 radical (unpaired) electrons. The summed E-state index contributed by atoms with van der Waals surface area (Å²) in [6.07, 6.45) is 3.30. The van der Waals surface area contributed by atoms with Gasteiger partial charge in [-0.05, 0) is 45.5 Å². The van der Waals surface area contributed by atoms with Gasteiger partial charge >= 0.3 is 0 Å². The average molecular weight is 300 g/mol. The molecule has 0 spiro atoms. The molecule has 2 heterocycles. The van der Waals surface area contributed by atoms with Crippen LogP contribution in [0.5, 0.6) is 0 Å². The second-order valence-corrected chi connectivity index (χ2v) is 6.79. The second-order valence-electron chi connectivity index (χ2n) is 6.79. The number of para-hydroxylation sites is 1. The van der Waals surface area contributed by atoms with Crippen LogP contribution in [0.4, 0.5) is 0 Å².